The maximum atomic E-state index is 6.50. The number of aryl methyl sites for hydroxylation is 1. The molecule has 0 radical (unpaired) electrons. The molecule has 1 fully saturated rings. The molecule has 1 aromatic heterocycles. The van der Waals surface area contributed by atoms with Crippen LogP contribution in [0, 0.1) is 5.92 Å². The van der Waals surface area contributed by atoms with Crippen LogP contribution in [0.3, 0.4) is 0 Å². The quantitative estimate of drug-likeness (QED) is 0.774. The Hall–Kier alpha value is -0.900. The SMILES string of the molecule is CC1CCCC(N)(Cc2ncnn2C)CC1. The van der Waals surface area contributed by atoms with Crippen LogP contribution < -0.4 is 5.73 Å². The van der Waals surface area contributed by atoms with Crippen LogP contribution in [0.25, 0.3) is 0 Å². The van der Waals surface area contributed by atoms with E-state index in [2.05, 4.69) is 17.0 Å². The molecule has 16 heavy (non-hydrogen) atoms. The molecule has 0 saturated heterocycles. The summed E-state index contributed by atoms with van der Waals surface area (Å²) in [6, 6.07) is 0. The summed E-state index contributed by atoms with van der Waals surface area (Å²) in [5.74, 6) is 1.84. The molecule has 1 aromatic rings. The van der Waals surface area contributed by atoms with E-state index >= 15 is 0 Å². The first-order valence-corrected chi connectivity index (χ1v) is 6.21. The van der Waals surface area contributed by atoms with Crippen molar-refractivity contribution in [2.75, 3.05) is 0 Å². The highest BCUT2D eigenvalue weighted by molar-refractivity contribution is 4.98. The second kappa shape index (κ2) is 4.53. The largest absolute Gasteiger partial charge is 0.325 e. The lowest BCUT2D eigenvalue weighted by Gasteiger charge is -2.27. The molecule has 2 unspecified atom stereocenters. The summed E-state index contributed by atoms with van der Waals surface area (Å²) >= 11 is 0. The topological polar surface area (TPSA) is 56.7 Å². The van der Waals surface area contributed by atoms with Gasteiger partial charge in [-0.3, -0.25) is 4.68 Å². The van der Waals surface area contributed by atoms with Crippen LogP contribution in [0.1, 0.15) is 44.9 Å². The van der Waals surface area contributed by atoms with Gasteiger partial charge in [-0.05, 0) is 25.2 Å². The highest BCUT2D eigenvalue weighted by Crippen LogP contribution is 2.30. The second-order valence-electron chi connectivity index (χ2n) is 5.38. The second-order valence-corrected chi connectivity index (χ2v) is 5.38. The van der Waals surface area contributed by atoms with Crippen LogP contribution in [-0.2, 0) is 13.5 Å². The standard InChI is InChI=1S/C12H22N4/c1-10-4-3-6-12(13,7-5-10)8-11-14-9-15-16(11)2/h9-10H,3-8,13H2,1-2H3. The average Bonchev–Trinajstić information content (AvgIpc) is 2.53. The lowest BCUT2D eigenvalue weighted by atomic mass is 9.87. The molecule has 90 valence electrons. The summed E-state index contributed by atoms with van der Waals surface area (Å²) in [6.07, 6.45) is 8.50. The molecule has 1 aliphatic carbocycles. The molecule has 0 amide bonds. The van der Waals surface area contributed by atoms with Gasteiger partial charge in [0.25, 0.3) is 0 Å². The third-order valence-corrected chi connectivity index (χ3v) is 3.82. The van der Waals surface area contributed by atoms with Crippen LogP contribution in [0.15, 0.2) is 6.33 Å². The summed E-state index contributed by atoms with van der Waals surface area (Å²) in [6.45, 7) is 2.33. The fraction of sp³-hybridized carbons (Fsp3) is 0.833. The van der Waals surface area contributed by atoms with Crippen molar-refractivity contribution in [2.45, 2.75) is 51.0 Å². The third-order valence-electron chi connectivity index (χ3n) is 3.82. The summed E-state index contributed by atoms with van der Waals surface area (Å²) in [5, 5.41) is 4.10. The number of aromatic nitrogens is 3. The van der Waals surface area contributed by atoms with Gasteiger partial charge in [0.2, 0.25) is 0 Å². The smallest absolute Gasteiger partial charge is 0.138 e. The maximum absolute atomic E-state index is 6.50. The van der Waals surface area contributed by atoms with Gasteiger partial charge in [0, 0.05) is 19.0 Å². The normalized spacial score (nSPS) is 31.3. The summed E-state index contributed by atoms with van der Waals surface area (Å²) in [5.41, 5.74) is 6.44. The van der Waals surface area contributed by atoms with E-state index in [4.69, 9.17) is 5.73 Å². The van der Waals surface area contributed by atoms with Crippen LogP contribution in [-0.4, -0.2) is 20.3 Å². The van der Waals surface area contributed by atoms with E-state index < -0.39 is 0 Å². The average molecular weight is 222 g/mol. The first-order chi connectivity index (χ1) is 7.59. The third kappa shape index (κ3) is 2.61. The molecule has 0 bridgehead atoms. The van der Waals surface area contributed by atoms with Crippen LogP contribution >= 0.6 is 0 Å². The van der Waals surface area contributed by atoms with E-state index in [9.17, 15) is 0 Å². The Morgan fingerprint density at radius 1 is 1.50 bits per heavy atom. The Labute approximate surface area is 97.2 Å². The minimum Gasteiger partial charge on any atom is -0.325 e. The van der Waals surface area contributed by atoms with Crippen molar-refractivity contribution in [1.82, 2.24) is 14.8 Å². The van der Waals surface area contributed by atoms with Crippen molar-refractivity contribution in [3.63, 3.8) is 0 Å². The van der Waals surface area contributed by atoms with Gasteiger partial charge < -0.3 is 5.73 Å². The molecular formula is C12H22N4. The Morgan fingerprint density at radius 3 is 3.00 bits per heavy atom. The summed E-state index contributed by atoms with van der Waals surface area (Å²) in [7, 11) is 1.94. The Kier molecular flexibility index (Phi) is 3.28. The lowest BCUT2D eigenvalue weighted by Crippen LogP contribution is -2.42. The van der Waals surface area contributed by atoms with E-state index in [0.29, 0.717) is 0 Å². The van der Waals surface area contributed by atoms with Gasteiger partial charge >= 0.3 is 0 Å². The van der Waals surface area contributed by atoms with Crippen molar-refractivity contribution in [2.24, 2.45) is 18.7 Å². The van der Waals surface area contributed by atoms with Crippen molar-refractivity contribution in [1.29, 1.82) is 0 Å². The maximum Gasteiger partial charge on any atom is 0.138 e. The summed E-state index contributed by atoms with van der Waals surface area (Å²) < 4.78 is 1.84. The highest BCUT2D eigenvalue weighted by atomic mass is 15.3. The minimum absolute atomic E-state index is 0.0639. The zero-order valence-corrected chi connectivity index (χ0v) is 10.3. The summed E-state index contributed by atoms with van der Waals surface area (Å²) in [4.78, 5) is 4.28. The fourth-order valence-corrected chi connectivity index (χ4v) is 2.58. The lowest BCUT2D eigenvalue weighted by molar-refractivity contribution is 0.352. The van der Waals surface area contributed by atoms with E-state index in [1.54, 1.807) is 6.33 Å². The highest BCUT2D eigenvalue weighted by Gasteiger charge is 2.29. The van der Waals surface area contributed by atoms with Crippen molar-refractivity contribution in [3.8, 4) is 0 Å². The number of hydrogen-bond donors (Lipinski definition) is 1. The predicted octanol–water partition coefficient (Wildman–Crippen LogP) is 1.66. The number of rotatable bonds is 2. The molecule has 2 atom stereocenters. The first-order valence-electron chi connectivity index (χ1n) is 6.21. The van der Waals surface area contributed by atoms with Crippen molar-refractivity contribution in [3.05, 3.63) is 12.2 Å². The van der Waals surface area contributed by atoms with E-state index in [0.717, 1.165) is 31.0 Å². The first kappa shape index (κ1) is 11.6. The van der Waals surface area contributed by atoms with Gasteiger partial charge in [-0.2, -0.15) is 5.10 Å². The van der Waals surface area contributed by atoms with Crippen LogP contribution in [0.2, 0.25) is 0 Å². The molecule has 4 nitrogen and oxygen atoms in total. The van der Waals surface area contributed by atoms with Gasteiger partial charge in [-0.1, -0.05) is 19.8 Å². The Bertz CT molecular complexity index is 347. The molecule has 1 aliphatic rings. The molecule has 0 aromatic carbocycles. The molecule has 2 rings (SSSR count). The van der Waals surface area contributed by atoms with Crippen molar-refractivity contribution < 1.29 is 0 Å². The van der Waals surface area contributed by atoms with Gasteiger partial charge in [0.1, 0.15) is 12.2 Å². The van der Waals surface area contributed by atoms with Crippen molar-refractivity contribution >= 4 is 0 Å². The molecule has 4 heteroatoms. The van der Waals surface area contributed by atoms with Gasteiger partial charge in [-0.25, -0.2) is 4.98 Å². The zero-order valence-electron chi connectivity index (χ0n) is 10.3. The van der Waals surface area contributed by atoms with Gasteiger partial charge in [0.15, 0.2) is 0 Å². The molecule has 0 aliphatic heterocycles. The molecular weight excluding hydrogens is 200 g/mol. The van der Waals surface area contributed by atoms with E-state index in [-0.39, 0.29) is 5.54 Å². The molecule has 1 heterocycles. The van der Waals surface area contributed by atoms with Gasteiger partial charge in [0.05, 0.1) is 0 Å². The fourth-order valence-electron chi connectivity index (χ4n) is 2.58. The number of nitrogens with zero attached hydrogens (tertiary/aromatic N) is 3. The minimum atomic E-state index is -0.0639. The Morgan fingerprint density at radius 2 is 2.31 bits per heavy atom. The van der Waals surface area contributed by atoms with E-state index in [1.165, 1.54) is 19.3 Å². The van der Waals surface area contributed by atoms with Crippen LogP contribution in [0.4, 0.5) is 0 Å². The Balaban J connectivity index is 2.04. The number of nitrogens with two attached hydrogens (primary N) is 1. The monoisotopic (exact) mass is 222 g/mol. The predicted molar refractivity (Wildman–Crippen MR) is 63.9 cm³/mol. The van der Waals surface area contributed by atoms with Gasteiger partial charge in [-0.15, -0.1) is 0 Å². The van der Waals surface area contributed by atoms with E-state index in [1.807, 2.05) is 11.7 Å². The molecule has 1 saturated carbocycles. The molecule has 2 N–H and O–H groups in total. The number of hydrogen-bond acceptors (Lipinski definition) is 3. The zero-order chi connectivity index (χ0) is 11.6. The van der Waals surface area contributed by atoms with Crippen LogP contribution in [0.5, 0.6) is 0 Å². The molecule has 0 spiro atoms.